The SMILES string of the molecule is O=C1C(=O)N(Cc2ccncc2)[C@H](c2ccncc2)C1=C(O)c1ccc2c(c1)OCCO2. The Morgan fingerprint density at radius 1 is 0.938 bits per heavy atom. The van der Waals surface area contributed by atoms with Gasteiger partial charge in [-0.2, -0.15) is 0 Å². The molecule has 0 saturated carbocycles. The summed E-state index contributed by atoms with van der Waals surface area (Å²) in [6.07, 6.45) is 6.43. The molecule has 1 saturated heterocycles. The molecule has 1 aromatic carbocycles. The zero-order valence-corrected chi connectivity index (χ0v) is 17.0. The van der Waals surface area contributed by atoms with Crippen LogP contribution in [0.3, 0.4) is 0 Å². The molecule has 1 atom stereocenters. The molecule has 2 aromatic heterocycles. The Labute approximate surface area is 183 Å². The molecule has 160 valence electrons. The monoisotopic (exact) mass is 429 g/mol. The number of aliphatic hydroxyl groups excluding tert-OH is 1. The first-order valence-electron chi connectivity index (χ1n) is 10.1. The first-order chi connectivity index (χ1) is 15.6. The smallest absolute Gasteiger partial charge is 0.295 e. The van der Waals surface area contributed by atoms with Crippen LogP contribution in [-0.2, 0) is 16.1 Å². The number of hydrogen-bond acceptors (Lipinski definition) is 7. The summed E-state index contributed by atoms with van der Waals surface area (Å²) < 4.78 is 11.1. The van der Waals surface area contributed by atoms with Gasteiger partial charge in [0.2, 0.25) is 0 Å². The van der Waals surface area contributed by atoms with Gasteiger partial charge in [0.15, 0.2) is 11.5 Å². The van der Waals surface area contributed by atoms with Gasteiger partial charge >= 0.3 is 0 Å². The normalized spacial score (nSPS) is 19.2. The van der Waals surface area contributed by atoms with Crippen molar-refractivity contribution in [3.8, 4) is 11.5 Å². The average Bonchev–Trinajstić information content (AvgIpc) is 3.09. The van der Waals surface area contributed by atoms with E-state index in [4.69, 9.17) is 9.47 Å². The third kappa shape index (κ3) is 3.45. The second kappa shape index (κ2) is 8.14. The summed E-state index contributed by atoms with van der Waals surface area (Å²) in [5.74, 6) is -0.640. The zero-order chi connectivity index (χ0) is 22.1. The molecule has 0 unspecified atom stereocenters. The Kier molecular flexibility index (Phi) is 5.03. The summed E-state index contributed by atoms with van der Waals surface area (Å²) in [4.78, 5) is 35.6. The van der Waals surface area contributed by atoms with Crippen molar-refractivity contribution in [2.24, 2.45) is 0 Å². The zero-order valence-electron chi connectivity index (χ0n) is 17.0. The van der Waals surface area contributed by atoms with Crippen LogP contribution in [0.15, 0.2) is 72.8 Å². The van der Waals surface area contributed by atoms with Crippen molar-refractivity contribution in [1.29, 1.82) is 0 Å². The van der Waals surface area contributed by atoms with E-state index < -0.39 is 17.7 Å². The number of pyridine rings is 2. The second-order valence-corrected chi connectivity index (χ2v) is 7.42. The molecule has 0 spiro atoms. The van der Waals surface area contributed by atoms with Crippen molar-refractivity contribution in [1.82, 2.24) is 14.9 Å². The quantitative estimate of drug-likeness (QED) is 0.387. The van der Waals surface area contributed by atoms with Gasteiger partial charge < -0.3 is 19.5 Å². The fourth-order valence-electron chi connectivity index (χ4n) is 3.97. The summed E-state index contributed by atoms with van der Waals surface area (Å²) in [6, 6.07) is 11.2. The van der Waals surface area contributed by atoms with Crippen LogP contribution in [-0.4, -0.2) is 44.9 Å². The van der Waals surface area contributed by atoms with Crippen LogP contribution in [0, 0.1) is 0 Å². The minimum atomic E-state index is -0.764. The highest BCUT2D eigenvalue weighted by Gasteiger charge is 2.46. The van der Waals surface area contributed by atoms with E-state index in [1.54, 1.807) is 67.3 Å². The summed E-state index contributed by atoms with van der Waals surface area (Å²) >= 11 is 0. The van der Waals surface area contributed by atoms with Crippen LogP contribution in [0.1, 0.15) is 22.7 Å². The van der Waals surface area contributed by atoms with Gasteiger partial charge in [-0.05, 0) is 53.6 Å². The molecule has 1 fully saturated rings. The molecule has 3 aromatic rings. The lowest BCUT2D eigenvalue weighted by atomic mass is 9.95. The number of amides is 1. The van der Waals surface area contributed by atoms with E-state index in [-0.39, 0.29) is 17.9 Å². The summed E-state index contributed by atoms with van der Waals surface area (Å²) in [7, 11) is 0. The topological polar surface area (TPSA) is 102 Å². The maximum atomic E-state index is 13.1. The van der Waals surface area contributed by atoms with E-state index in [0.29, 0.717) is 35.8 Å². The molecule has 8 heteroatoms. The lowest BCUT2D eigenvalue weighted by Crippen LogP contribution is -2.29. The lowest BCUT2D eigenvalue weighted by molar-refractivity contribution is -0.140. The molecule has 1 amide bonds. The Bertz CT molecular complexity index is 1210. The summed E-state index contributed by atoms with van der Waals surface area (Å²) in [5.41, 5.74) is 1.88. The van der Waals surface area contributed by atoms with Gasteiger partial charge in [0, 0.05) is 36.9 Å². The van der Waals surface area contributed by atoms with Crippen molar-refractivity contribution >= 4 is 17.4 Å². The molecule has 0 bridgehead atoms. The molecule has 1 N–H and O–H groups in total. The van der Waals surface area contributed by atoms with Gasteiger partial charge in [-0.15, -0.1) is 0 Å². The molecule has 4 heterocycles. The Morgan fingerprint density at radius 2 is 1.59 bits per heavy atom. The van der Waals surface area contributed by atoms with Gasteiger partial charge in [0.1, 0.15) is 19.0 Å². The van der Waals surface area contributed by atoms with Crippen LogP contribution < -0.4 is 9.47 Å². The molecular formula is C24H19N3O5. The number of carbonyl (C=O) groups is 2. The van der Waals surface area contributed by atoms with Gasteiger partial charge in [-0.3, -0.25) is 19.6 Å². The number of ketones is 1. The molecule has 5 rings (SSSR count). The first-order valence-corrected chi connectivity index (χ1v) is 10.1. The third-order valence-electron chi connectivity index (χ3n) is 5.48. The van der Waals surface area contributed by atoms with E-state index in [1.165, 1.54) is 4.90 Å². The Hall–Kier alpha value is -4.20. The number of aliphatic hydroxyl groups is 1. The molecule has 2 aliphatic rings. The highest BCUT2D eigenvalue weighted by atomic mass is 16.6. The van der Waals surface area contributed by atoms with Gasteiger partial charge in [0.05, 0.1) is 11.6 Å². The molecule has 32 heavy (non-hydrogen) atoms. The molecular weight excluding hydrogens is 410 g/mol. The maximum absolute atomic E-state index is 13.1. The number of rotatable bonds is 4. The Morgan fingerprint density at radius 3 is 2.31 bits per heavy atom. The van der Waals surface area contributed by atoms with E-state index in [0.717, 1.165) is 5.56 Å². The number of benzene rings is 1. The number of carbonyl (C=O) groups excluding carboxylic acids is 2. The maximum Gasteiger partial charge on any atom is 0.295 e. The van der Waals surface area contributed by atoms with Gasteiger partial charge in [0.25, 0.3) is 11.7 Å². The number of likely N-dealkylation sites (tertiary alicyclic amines) is 1. The number of hydrogen-bond donors (Lipinski definition) is 1. The molecule has 8 nitrogen and oxygen atoms in total. The average molecular weight is 429 g/mol. The standard InChI is InChI=1S/C24H19N3O5/c28-22(17-1-2-18-19(13-17)32-12-11-31-18)20-21(16-5-9-26-10-6-16)27(24(30)23(20)29)14-15-3-7-25-8-4-15/h1-10,13,21,28H,11-12,14H2/t21-/m1/s1. The number of ether oxygens (including phenoxy) is 2. The highest BCUT2D eigenvalue weighted by Crippen LogP contribution is 2.41. The highest BCUT2D eigenvalue weighted by molar-refractivity contribution is 6.46. The van der Waals surface area contributed by atoms with Crippen molar-refractivity contribution in [3.63, 3.8) is 0 Å². The predicted octanol–water partition coefficient (Wildman–Crippen LogP) is 2.87. The van der Waals surface area contributed by atoms with Crippen molar-refractivity contribution in [3.05, 3.63) is 89.5 Å². The molecule has 0 radical (unpaired) electrons. The van der Waals surface area contributed by atoms with Gasteiger partial charge in [-0.1, -0.05) is 0 Å². The Balaban J connectivity index is 1.62. The van der Waals surface area contributed by atoms with Crippen LogP contribution in [0.2, 0.25) is 0 Å². The number of aromatic nitrogens is 2. The predicted molar refractivity (Wildman–Crippen MR) is 114 cm³/mol. The van der Waals surface area contributed by atoms with Gasteiger partial charge in [-0.25, -0.2) is 0 Å². The van der Waals surface area contributed by atoms with E-state index >= 15 is 0 Å². The molecule has 0 aliphatic carbocycles. The fraction of sp³-hybridized carbons (Fsp3) is 0.167. The minimum absolute atomic E-state index is 0.0203. The lowest BCUT2D eigenvalue weighted by Gasteiger charge is -2.25. The van der Waals surface area contributed by atoms with Crippen LogP contribution in [0.4, 0.5) is 0 Å². The largest absolute Gasteiger partial charge is 0.507 e. The number of fused-ring (bicyclic) bond motifs is 1. The van der Waals surface area contributed by atoms with Crippen molar-refractivity contribution in [2.45, 2.75) is 12.6 Å². The first kappa shape index (κ1) is 19.7. The van der Waals surface area contributed by atoms with E-state index in [1.807, 2.05) is 0 Å². The second-order valence-electron chi connectivity index (χ2n) is 7.42. The van der Waals surface area contributed by atoms with Crippen LogP contribution >= 0.6 is 0 Å². The van der Waals surface area contributed by atoms with E-state index in [2.05, 4.69) is 9.97 Å². The summed E-state index contributed by atoms with van der Waals surface area (Å²) in [6.45, 7) is 1.03. The van der Waals surface area contributed by atoms with Crippen molar-refractivity contribution < 1.29 is 24.2 Å². The van der Waals surface area contributed by atoms with Crippen LogP contribution in [0.5, 0.6) is 11.5 Å². The number of nitrogens with zero attached hydrogens (tertiary/aromatic N) is 3. The molecule has 2 aliphatic heterocycles. The van der Waals surface area contributed by atoms with Crippen molar-refractivity contribution in [2.75, 3.05) is 13.2 Å². The summed E-state index contributed by atoms with van der Waals surface area (Å²) in [5, 5.41) is 11.2. The minimum Gasteiger partial charge on any atom is -0.507 e. The van der Waals surface area contributed by atoms with E-state index in [9.17, 15) is 14.7 Å². The fourth-order valence-corrected chi connectivity index (χ4v) is 3.97. The third-order valence-corrected chi connectivity index (χ3v) is 5.48. The van der Waals surface area contributed by atoms with Crippen LogP contribution in [0.25, 0.3) is 5.76 Å². The number of Topliss-reactive ketones (excluding diaryl/α,β-unsaturated/α-hetero) is 1.